The van der Waals surface area contributed by atoms with Gasteiger partial charge in [0.25, 0.3) is 5.91 Å². The molecule has 4 heteroatoms. The van der Waals surface area contributed by atoms with Gasteiger partial charge in [0.15, 0.2) is 0 Å². The number of para-hydroxylation sites is 1. The highest BCUT2D eigenvalue weighted by molar-refractivity contribution is 5.94. The summed E-state index contributed by atoms with van der Waals surface area (Å²) in [5, 5.41) is 3.30. The molecule has 2 heterocycles. The number of benzene rings is 2. The molecule has 1 N–H and O–H groups in total. The minimum absolute atomic E-state index is 0.0567. The lowest BCUT2D eigenvalue weighted by Gasteiger charge is -2.49. The SMILES string of the molecule is COc1ccccc1CN1[C@@H]2CCC[C@@H]1CC(NC(=O)c1ccc(C)cc1)C2. The molecule has 2 atom stereocenters. The topological polar surface area (TPSA) is 41.6 Å². The predicted octanol–water partition coefficient (Wildman–Crippen LogP) is 4.32. The highest BCUT2D eigenvalue weighted by Gasteiger charge is 2.38. The van der Waals surface area contributed by atoms with Gasteiger partial charge in [-0.3, -0.25) is 9.69 Å². The second-order valence-electron chi connectivity index (χ2n) is 8.23. The van der Waals surface area contributed by atoms with Crippen LogP contribution in [0.15, 0.2) is 48.5 Å². The Morgan fingerprint density at radius 3 is 2.43 bits per heavy atom. The number of hydrogen-bond donors (Lipinski definition) is 1. The van der Waals surface area contributed by atoms with Gasteiger partial charge in [0.1, 0.15) is 5.75 Å². The summed E-state index contributed by atoms with van der Waals surface area (Å²) in [6, 6.07) is 17.5. The maximum Gasteiger partial charge on any atom is 0.251 e. The van der Waals surface area contributed by atoms with E-state index in [-0.39, 0.29) is 11.9 Å². The van der Waals surface area contributed by atoms with Gasteiger partial charge in [-0.05, 0) is 50.8 Å². The number of nitrogens with one attached hydrogen (secondary N) is 1. The Kier molecular flexibility index (Phi) is 5.67. The van der Waals surface area contributed by atoms with Gasteiger partial charge in [-0.15, -0.1) is 0 Å². The average molecular weight is 379 g/mol. The summed E-state index contributed by atoms with van der Waals surface area (Å²) in [6.45, 7) is 2.97. The van der Waals surface area contributed by atoms with E-state index in [2.05, 4.69) is 22.3 Å². The van der Waals surface area contributed by atoms with Crippen molar-refractivity contribution in [2.45, 2.75) is 63.7 Å². The normalized spacial score (nSPS) is 24.6. The minimum atomic E-state index is 0.0567. The lowest BCUT2D eigenvalue weighted by molar-refractivity contribution is 0.0172. The van der Waals surface area contributed by atoms with Crippen LogP contribution in [-0.2, 0) is 6.54 Å². The molecule has 4 rings (SSSR count). The van der Waals surface area contributed by atoms with Crippen LogP contribution in [0.2, 0.25) is 0 Å². The van der Waals surface area contributed by atoms with E-state index in [0.29, 0.717) is 12.1 Å². The van der Waals surface area contributed by atoms with E-state index in [4.69, 9.17) is 4.74 Å². The monoisotopic (exact) mass is 378 g/mol. The third-order valence-electron chi connectivity index (χ3n) is 6.32. The van der Waals surface area contributed by atoms with Gasteiger partial charge >= 0.3 is 0 Å². The largest absolute Gasteiger partial charge is 0.496 e. The smallest absolute Gasteiger partial charge is 0.251 e. The Morgan fingerprint density at radius 1 is 1.07 bits per heavy atom. The molecule has 2 aromatic rings. The zero-order chi connectivity index (χ0) is 19.5. The molecule has 1 amide bonds. The molecular formula is C24H30N2O2. The average Bonchev–Trinajstić information content (AvgIpc) is 2.69. The van der Waals surface area contributed by atoms with Crippen molar-refractivity contribution >= 4 is 5.91 Å². The van der Waals surface area contributed by atoms with Gasteiger partial charge < -0.3 is 10.1 Å². The quantitative estimate of drug-likeness (QED) is 0.842. The first-order valence-electron chi connectivity index (χ1n) is 10.4. The highest BCUT2D eigenvalue weighted by atomic mass is 16.5. The van der Waals surface area contributed by atoms with Crippen LogP contribution >= 0.6 is 0 Å². The summed E-state index contributed by atoms with van der Waals surface area (Å²) in [6.07, 6.45) is 5.77. The highest BCUT2D eigenvalue weighted by Crippen LogP contribution is 2.36. The molecule has 2 aliphatic rings. The standard InChI is InChI=1S/C24H30N2O2/c1-17-10-12-18(13-11-17)24(27)25-20-14-21-7-5-8-22(15-20)26(21)16-19-6-3-4-9-23(19)28-2/h3-4,6,9-13,20-22H,5,7-8,14-16H2,1-2H3,(H,25,27)/t21-,22-/m1/s1. The molecule has 0 radical (unpaired) electrons. The first kappa shape index (κ1) is 19.0. The number of methoxy groups -OCH3 is 1. The summed E-state index contributed by atoms with van der Waals surface area (Å²) in [4.78, 5) is 15.3. The number of fused-ring (bicyclic) bond motifs is 2. The van der Waals surface area contributed by atoms with Crippen molar-refractivity contribution in [3.8, 4) is 5.75 Å². The van der Waals surface area contributed by atoms with E-state index in [9.17, 15) is 4.79 Å². The van der Waals surface area contributed by atoms with E-state index in [1.54, 1.807) is 7.11 Å². The number of rotatable bonds is 5. The third-order valence-corrected chi connectivity index (χ3v) is 6.32. The number of aryl methyl sites for hydroxylation is 1. The molecule has 0 aromatic heterocycles. The van der Waals surface area contributed by atoms with Crippen LogP contribution in [0.1, 0.15) is 53.6 Å². The van der Waals surface area contributed by atoms with Crippen LogP contribution in [0.5, 0.6) is 5.75 Å². The summed E-state index contributed by atoms with van der Waals surface area (Å²) in [5.41, 5.74) is 3.19. The first-order valence-corrected chi connectivity index (χ1v) is 10.4. The number of carbonyl (C=O) groups excluding carboxylic acids is 1. The second kappa shape index (κ2) is 8.36. The fourth-order valence-corrected chi connectivity index (χ4v) is 4.86. The van der Waals surface area contributed by atoms with E-state index in [1.165, 1.54) is 30.4 Å². The van der Waals surface area contributed by atoms with Gasteiger partial charge in [-0.1, -0.05) is 42.3 Å². The van der Waals surface area contributed by atoms with Gasteiger partial charge in [-0.2, -0.15) is 0 Å². The fourth-order valence-electron chi connectivity index (χ4n) is 4.86. The molecular weight excluding hydrogens is 348 g/mol. The van der Waals surface area contributed by atoms with Gasteiger partial charge in [0.2, 0.25) is 0 Å². The Morgan fingerprint density at radius 2 is 1.75 bits per heavy atom. The number of amides is 1. The summed E-state index contributed by atoms with van der Waals surface area (Å²) < 4.78 is 5.56. The molecule has 2 bridgehead atoms. The van der Waals surface area contributed by atoms with Crippen molar-refractivity contribution in [1.82, 2.24) is 10.2 Å². The number of piperidine rings is 2. The Hall–Kier alpha value is -2.33. The molecule has 2 aliphatic heterocycles. The zero-order valence-electron chi connectivity index (χ0n) is 16.9. The lowest BCUT2D eigenvalue weighted by atomic mass is 9.81. The summed E-state index contributed by atoms with van der Waals surface area (Å²) in [7, 11) is 1.74. The van der Waals surface area contributed by atoms with E-state index in [1.807, 2.05) is 43.3 Å². The van der Waals surface area contributed by atoms with Crippen molar-refractivity contribution in [2.75, 3.05) is 7.11 Å². The first-order chi connectivity index (χ1) is 13.6. The van der Waals surface area contributed by atoms with Crippen molar-refractivity contribution in [3.63, 3.8) is 0 Å². The lowest BCUT2D eigenvalue weighted by Crippen LogP contribution is -2.56. The molecule has 28 heavy (non-hydrogen) atoms. The fraction of sp³-hybridized carbons (Fsp3) is 0.458. The Labute approximate surface area is 167 Å². The molecule has 148 valence electrons. The number of nitrogens with zero attached hydrogens (tertiary/aromatic N) is 1. The molecule has 2 saturated heterocycles. The molecule has 0 aliphatic carbocycles. The maximum atomic E-state index is 12.7. The molecule has 4 nitrogen and oxygen atoms in total. The predicted molar refractivity (Wildman–Crippen MR) is 112 cm³/mol. The van der Waals surface area contributed by atoms with Gasteiger partial charge in [0.05, 0.1) is 7.11 Å². The van der Waals surface area contributed by atoms with Crippen LogP contribution in [0, 0.1) is 6.92 Å². The van der Waals surface area contributed by atoms with Crippen LogP contribution in [0.25, 0.3) is 0 Å². The third kappa shape index (κ3) is 4.07. The van der Waals surface area contributed by atoms with Crippen LogP contribution in [0.4, 0.5) is 0 Å². The summed E-state index contributed by atoms with van der Waals surface area (Å²) in [5.74, 6) is 1.02. The van der Waals surface area contributed by atoms with Crippen molar-refractivity contribution in [1.29, 1.82) is 0 Å². The van der Waals surface area contributed by atoms with E-state index < -0.39 is 0 Å². The zero-order valence-corrected chi connectivity index (χ0v) is 16.9. The number of ether oxygens (including phenoxy) is 1. The van der Waals surface area contributed by atoms with E-state index >= 15 is 0 Å². The van der Waals surface area contributed by atoms with Crippen LogP contribution in [0.3, 0.4) is 0 Å². The Bertz CT molecular complexity index is 804. The summed E-state index contributed by atoms with van der Waals surface area (Å²) >= 11 is 0. The van der Waals surface area contributed by atoms with Crippen molar-refractivity contribution in [2.24, 2.45) is 0 Å². The molecule has 2 fully saturated rings. The van der Waals surface area contributed by atoms with Gasteiger partial charge in [-0.25, -0.2) is 0 Å². The molecule has 0 spiro atoms. The van der Waals surface area contributed by atoms with Crippen molar-refractivity contribution in [3.05, 3.63) is 65.2 Å². The van der Waals surface area contributed by atoms with Crippen molar-refractivity contribution < 1.29 is 9.53 Å². The second-order valence-corrected chi connectivity index (χ2v) is 8.23. The van der Waals surface area contributed by atoms with E-state index in [0.717, 1.165) is 30.7 Å². The maximum absolute atomic E-state index is 12.7. The molecule has 0 saturated carbocycles. The minimum Gasteiger partial charge on any atom is -0.496 e. The van der Waals surface area contributed by atoms with Crippen LogP contribution in [-0.4, -0.2) is 36.0 Å². The van der Waals surface area contributed by atoms with Gasteiger partial charge in [0, 0.05) is 35.8 Å². The molecule has 2 aromatic carbocycles. The Balaban J connectivity index is 1.43. The number of carbonyl (C=O) groups is 1. The molecule has 0 unspecified atom stereocenters. The van der Waals surface area contributed by atoms with Crippen LogP contribution < -0.4 is 10.1 Å². The number of hydrogen-bond acceptors (Lipinski definition) is 3.